The Balaban J connectivity index is 2.51. The maximum atomic E-state index is 9.11. The van der Waals surface area contributed by atoms with Crippen molar-refractivity contribution in [3.05, 3.63) is 0 Å². The van der Waals surface area contributed by atoms with E-state index < -0.39 is 0 Å². The van der Waals surface area contributed by atoms with Crippen LogP contribution in [-0.2, 0) is 4.74 Å². The van der Waals surface area contributed by atoms with E-state index in [2.05, 4.69) is 18.7 Å². The summed E-state index contributed by atoms with van der Waals surface area (Å²) < 4.78 is 5.38. The van der Waals surface area contributed by atoms with Gasteiger partial charge in [-0.3, -0.25) is 4.90 Å². The number of hydrogen-bond donors (Lipinski definition) is 1. The summed E-state index contributed by atoms with van der Waals surface area (Å²) in [5.41, 5.74) is 0. The number of hydrogen-bond acceptors (Lipinski definition) is 3. The van der Waals surface area contributed by atoms with Crippen LogP contribution in [0.3, 0.4) is 0 Å². The Morgan fingerprint density at radius 3 is 2.92 bits per heavy atom. The number of rotatable bonds is 2. The highest BCUT2D eigenvalue weighted by Crippen LogP contribution is 2.10. The van der Waals surface area contributed by atoms with E-state index in [1.165, 1.54) is 0 Å². The predicted octanol–water partition coefficient (Wildman–Crippen LogP) is 0.478. The first-order valence-corrected chi connectivity index (χ1v) is 4.70. The molecule has 1 fully saturated rings. The van der Waals surface area contributed by atoms with E-state index in [0.717, 1.165) is 19.6 Å². The first kappa shape index (κ1) is 9.96. The highest BCUT2D eigenvalue weighted by atomic mass is 16.5. The summed E-state index contributed by atoms with van der Waals surface area (Å²) in [7, 11) is 0. The van der Waals surface area contributed by atoms with Gasteiger partial charge in [0.25, 0.3) is 0 Å². The average molecular weight is 173 g/mol. The van der Waals surface area contributed by atoms with Gasteiger partial charge in [-0.1, -0.05) is 0 Å². The van der Waals surface area contributed by atoms with E-state index in [1.54, 1.807) is 0 Å². The zero-order valence-corrected chi connectivity index (χ0v) is 7.99. The summed E-state index contributed by atoms with van der Waals surface area (Å²) in [4.78, 5) is 2.31. The quantitative estimate of drug-likeness (QED) is 0.659. The molecule has 0 spiro atoms. The van der Waals surface area contributed by atoms with Crippen LogP contribution >= 0.6 is 0 Å². The van der Waals surface area contributed by atoms with Gasteiger partial charge in [-0.15, -0.1) is 0 Å². The molecule has 1 heterocycles. The van der Waals surface area contributed by atoms with Crippen molar-refractivity contribution >= 4 is 0 Å². The van der Waals surface area contributed by atoms with Crippen LogP contribution in [0.4, 0.5) is 0 Å². The molecule has 0 aliphatic carbocycles. The van der Waals surface area contributed by atoms with Crippen molar-refractivity contribution in [2.75, 3.05) is 26.4 Å². The van der Waals surface area contributed by atoms with E-state index in [0.29, 0.717) is 12.6 Å². The van der Waals surface area contributed by atoms with Crippen molar-refractivity contribution in [2.24, 2.45) is 0 Å². The topological polar surface area (TPSA) is 32.7 Å². The van der Waals surface area contributed by atoms with Gasteiger partial charge >= 0.3 is 0 Å². The lowest BCUT2D eigenvalue weighted by molar-refractivity contribution is 0.0515. The molecule has 0 bridgehead atoms. The molecular weight excluding hydrogens is 154 g/mol. The predicted molar refractivity (Wildman–Crippen MR) is 48.2 cm³/mol. The molecule has 1 atom stereocenters. The van der Waals surface area contributed by atoms with Crippen LogP contribution in [0.25, 0.3) is 0 Å². The second-order valence-corrected chi connectivity index (χ2v) is 3.60. The molecule has 1 N–H and O–H groups in total. The second-order valence-electron chi connectivity index (χ2n) is 3.60. The Labute approximate surface area is 74.3 Å². The van der Waals surface area contributed by atoms with E-state index in [-0.39, 0.29) is 12.6 Å². The molecule has 1 unspecified atom stereocenters. The fourth-order valence-electron chi connectivity index (χ4n) is 1.68. The molecule has 0 saturated carbocycles. The standard InChI is InChI=1S/C9H19NO2/c1-8(2)10-4-3-5-12-7-9(10)6-11/h8-9,11H,3-7H2,1-2H3. The van der Waals surface area contributed by atoms with Crippen molar-refractivity contribution in [1.82, 2.24) is 4.90 Å². The van der Waals surface area contributed by atoms with Gasteiger partial charge in [0.1, 0.15) is 0 Å². The third-order valence-electron chi connectivity index (χ3n) is 2.36. The number of aliphatic hydroxyl groups excluding tert-OH is 1. The van der Waals surface area contributed by atoms with E-state index in [4.69, 9.17) is 9.84 Å². The molecule has 0 aromatic heterocycles. The number of ether oxygens (including phenoxy) is 1. The van der Waals surface area contributed by atoms with Gasteiger partial charge < -0.3 is 9.84 Å². The van der Waals surface area contributed by atoms with Crippen molar-refractivity contribution in [3.8, 4) is 0 Å². The molecular formula is C9H19NO2. The molecule has 1 aliphatic heterocycles. The van der Waals surface area contributed by atoms with Crippen molar-refractivity contribution in [1.29, 1.82) is 0 Å². The highest BCUT2D eigenvalue weighted by Gasteiger charge is 2.22. The summed E-state index contributed by atoms with van der Waals surface area (Å²) in [6.45, 7) is 7.08. The molecule has 0 aromatic carbocycles. The molecule has 1 rings (SSSR count). The molecule has 1 aliphatic rings. The lowest BCUT2D eigenvalue weighted by Gasteiger charge is -2.31. The van der Waals surface area contributed by atoms with Crippen molar-refractivity contribution < 1.29 is 9.84 Å². The fourth-order valence-corrected chi connectivity index (χ4v) is 1.68. The SMILES string of the molecule is CC(C)N1CCCOCC1CO. The molecule has 3 heteroatoms. The van der Waals surface area contributed by atoms with Gasteiger partial charge in [-0.05, 0) is 20.3 Å². The summed E-state index contributed by atoms with van der Waals surface area (Å²) in [5.74, 6) is 0. The van der Waals surface area contributed by atoms with Gasteiger partial charge in [0.15, 0.2) is 0 Å². The fraction of sp³-hybridized carbons (Fsp3) is 1.00. The number of nitrogens with zero attached hydrogens (tertiary/aromatic N) is 1. The Kier molecular flexibility index (Phi) is 3.98. The normalized spacial score (nSPS) is 27.5. The van der Waals surface area contributed by atoms with Gasteiger partial charge in [0.2, 0.25) is 0 Å². The van der Waals surface area contributed by atoms with Gasteiger partial charge in [0.05, 0.1) is 19.3 Å². The molecule has 1 saturated heterocycles. The Bertz CT molecular complexity index is 128. The van der Waals surface area contributed by atoms with Crippen molar-refractivity contribution in [2.45, 2.75) is 32.4 Å². The van der Waals surface area contributed by atoms with Gasteiger partial charge in [0, 0.05) is 19.2 Å². The second kappa shape index (κ2) is 4.80. The zero-order valence-electron chi connectivity index (χ0n) is 7.99. The van der Waals surface area contributed by atoms with Crippen molar-refractivity contribution in [3.63, 3.8) is 0 Å². The van der Waals surface area contributed by atoms with E-state index >= 15 is 0 Å². The monoisotopic (exact) mass is 173 g/mol. The van der Waals surface area contributed by atoms with Gasteiger partial charge in [-0.2, -0.15) is 0 Å². The largest absolute Gasteiger partial charge is 0.395 e. The van der Waals surface area contributed by atoms with Crippen LogP contribution in [0.15, 0.2) is 0 Å². The average Bonchev–Trinajstić information content (AvgIpc) is 2.27. The summed E-state index contributed by atoms with van der Waals surface area (Å²) >= 11 is 0. The van der Waals surface area contributed by atoms with Crippen LogP contribution in [0, 0.1) is 0 Å². The maximum Gasteiger partial charge on any atom is 0.0644 e. The molecule has 0 aromatic rings. The van der Waals surface area contributed by atoms with Crippen LogP contribution < -0.4 is 0 Å². The first-order valence-electron chi connectivity index (χ1n) is 4.70. The minimum atomic E-state index is 0.201. The summed E-state index contributed by atoms with van der Waals surface area (Å²) in [6.07, 6.45) is 1.08. The van der Waals surface area contributed by atoms with E-state index in [1.807, 2.05) is 0 Å². The Morgan fingerprint density at radius 2 is 2.33 bits per heavy atom. The first-order chi connectivity index (χ1) is 5.75. The summed E-state index contributed by atoms with van der Waals surface area (Å²) in [5, 5.41) is 9.11. The van der Waals surface area contributed by atoms with Crippen LogP contribution in [-0.4, -0.2) is 48.5 Å². The molecule has 12 heavy (non-hydrogen) atoms. The minimum absolute atomic E-state index is 0.201. The minimum Gasteiger partial charge on any atom is -0.395 e. The third kappa shape index (κ3) is 2.44. The highest BCUT2D eigenvalue weighted by molar-refractivity contribution is 4.75. The zero-order chi connectivity index (χ0) is 8.97. The van der Waals surface area contributed by atoms with Crippen LogP contribution in [0.5, 0.6) is 0 Å². The smallest absolute Gasteiger partial charge is 0.0644 e. The molecule has 0 radical (unpaired) electrons. The van der Waals surface area contributed by atoms with Gasteiger partial charge in [-0.25, -0.2) is 0 Å². The Morgan fingerprint density at radius 1 is 1.58 bits per heavy atom. The lowest BCUT2D eigenvalue weighted by Crippen LogP contribution is -2.44. The van der Waals surface area contributed by atoms with Crippen LogP contribution in [0.2, 0.25) is 0 Å². The number of aliphatic hydroxyl groups is 1. The lowest BCUT2D eigenvalue weighted by atomic mass is 10.2. The van der Waals surface area contributed by atoms with E-state index in [9.17, 15) is 0 Å². The van der Waals surface area contributed by atoms with Crippen LogP contribution in [0.1, 0.15) is 20.3 Å². The Hall–Kier alpha value is -0.120. The molecule has 0 amide bonds. The molecule has 72 valence electrons. The maximum absolute atomic E-state index is 9.11. The summed E-state index contributed by atoms with van der Waals surface area (Å²) in [6, 6.07) is 0.705. The molecule has 3 nitrogen and oxygen atoms in total. The third-order valence-corrected chi connectivity index (χ3v) is 2.36.